The Bertz CT molecular complexity index is 518. The molecule has 0 aromatic carbocycles. The highest BCUT2D eigenvalue weighted by atomic mass is 19.4. The van der Waals surface area contributed by atoms with Crippen LogP contribution in [0.4, 0.5) is 19.2 Å². The molecule has 6 nitrogen and oxygen atoms in total. The quantitative estimate of drug-likeness (QED) is 0.880. The lowest BCUT2D eigenvalue weighted by molar-refractivity contribution is -0.213. The molecule has 1 amide bonds. The average molecular weight is 290 g/mol. The van der Waals surface area contributed by atoms with Gasteiger partial charge in [0.25, 0.3) is 0 Å². The second-order valence-electron chi connectivity index (χ2n) is 5.18. The molecule has 1 aliphatic carbocycles. The Hall–Kier alpha value is -1.64. The van der Waals surface area contributed by atoms with Crippen LogP contribution < -0.4 is 10.6 Å². The van der Waals surface area contributed by atoms with E-state index >= 15 is 0 Å². The molecule has 0 spiro atoms. The van der Waals surface area contributed by atoms with Crippen molar-refractivity contribution in [3.05, 3.63) is 5.89 Å². The molecule has 3 rings (SSSR count). The van der Waals surface area contributed by atoms with Crippen molar-refractivity contribution >= 4 is 11.9 Å². The number of aromatic nitrogens is 2. The molecule has 9 heteroatoms. The van der Waals surface area contributed by atoms with E-state index in [1.54, 1.807) is 0 Å². The molecule has 1 aromatic rings. The van der Waals surface area contributed by atoms with Crippen LogP contribution in [0.3, 0.4) is 0 Å². The van der Waals surface area contributed by atoms with Gasteiger partial charge in [0.2, 0.25) is 11.8 Å². The molecule has 1 atom stereocenters. The Morgan fingerprint density at radius 1 is 1.40 bits per heavy atom. The van der Waals surface area contributed by atoms with Crippen LogP contribution in [-0.2, 0) is 4.79 Å². The van der Waals surface area contributed by atoms with Crippen molar-refractivity contribution in [3.63, 3.8) is 0 Å². The molecule has 2 N–H and O–H groups in total. The fourth-order valence-electron chi connectivity index (χ4n) is 2.25. The predicted molar refractivity (Wildman–Crippen MR) is 60.9 cm³/mol. The van der Waals surface area contributed by atoms with Gasteiger partial charge in [-0.1, -0.05) is 5.10 Å². The number of anilines is 1. The monoisotopic (exact) mass is 290 g/mol. The van der Waals surface area contributed by atoms with E-state index < -0.39 is 24.0 Å². The number of rotatable bonds is 3. The van der Waals surface area contributed by atoms with Gasteiger partial charge in [-0.3, -0.25) is 10.1 Å². The summed E-state index contributed by atoms with van der Waals surface area (Å²) in [6.07, 6.45) is -3.08. The number of nitrogens with one attached hydrogen (secondary N) is 2. The van der Waals surface area contributed by atoms with Crippen molar-refractivity contribution in [1.82, 2.24) is 15.5 Å². The molecule has 1 aliphatic heterocycles. The van der Waals surface area contributed by atoms with Gasteiger partial charge in [0, 0.05) is 12.5 Å². The number of carbonyl (C=O) groups is 1. The molecular weight excluding hydrogens is 277 g/mol. The minimum absolute atomic E-state index is 0.143. The number of halogens is 3. The maximum Gasteiger partial charge on any atom is 0.404 e. The van der Waals surface area contributed by atoms with Crippen LogP contribution in [-0.4, -0.2) is 35.4 Å². The normalized spacial score (nSPS) is 26.8. The molecule has 20 heavy (non-hydrogen) atoms. The summed E-state index contributed by atoms with van der Waals surface area (Å²) in [6, 6.07) is -0.271. The van der Waals surface area contributed by atoms with Gasteiger partial charge in [0.05, 0.1) is 0 Å². The lowest BCUT2D eigenvalue weighted by Gasteiger charge is -2.28. The third-order valence-corrected chi connectivity index (χ3v) is 3.72. The Balaban J connectivity index is 1.76. The predicted octanol–water partition coefficient (Wildman–Crippen LogP) is 1.43. The lowest BCUT2D eigenvalue weighted by atomic mass is 9.85. The zero-order valence-corrected chi connectivity index (χ0v) is 10.5. The van der Waals surface area contributed by atoms with Crippen molar-refractivity contribution in [2.24, 2.45) is 5.41 Å². The minimum atomic E-state index is -4.63. The highest BCUT2D eigenvalue weighted by Gasteiger charge is 2.61. The molecule has 2 heterocycles. The Morgan fingerprint density at radius 2 is 2.15 bits per heavy atom. The molecule has 2 aliphatic rings. The van der Waals surface area contributed by atoms with Gasteiger partial charge in [-0.05, 0) is 25.8 Å². The zero-order chi connectivity index (χ0) is 14.4. The molecule has 1 unspecified atom stereocenters. The number of alkyl halides is 3. The van der Waals surface area contributed by atoms with Crippen molar-refractivity contribution in [2.75, 3.05) is 18.4 Å². The number of hydrogen-bond donors (Lipinski definition) is 2. The molecule has 0 radical (unpaired) electrons. The van der Waals surface area contributed by atoms with Gasteiger partial charge in [0.15, 0.2) is 5.41 Å². The van der Waals surface area contributed by atoms with Crippen LogP contribution in [0.5, 0.6) is 0 Å². The summed E-state index contributed by atoms with van der Waals surface area (Å²) in [6.45, 7) is -0.296. The Morgan fingerprint density at radius 3 is 2.70 bits per heavy atom. The van der Waals surface area contributed by atoms with Gasteiger partial charge in [0.1, 0.15) is 0 Å². The van der Waals surface area contributed by atoms with Gasteiger partial charge in [-0.25, -0.2) is 0 Å². The summed E-state index contributed by atoms with van der Waals surface area (Å²) in [4.78, 5) is 12.0. The van der Waals surface area contributed by atoms with Crippen LogP contribution in [0.2, 0.25) is 0 Å². The van der Waals surface area contributed by atoms with E-state index in [0.717, 1.165) is 12.8 Å². The van der Waals surface area contributed by atoms with E-state index in [-0.39, 0.29) is 24.9 Å². The number of amides is 1. The number of hydrogen-bond acceptors (Lipinski definition) is 5. The van der Waals surface area contributed by atoms with E-state index in [9.17, 15) is 18.0 Å². The largest absolute Gasteiger partial charge is 0.408 e. The first kappa shape index (κ1) is 13.3. The minimum Gasteiger partial charge on any atom is -0.408 e. The van der Waals surface area contributed by atoms with E-state index in [0.29, 0.717) is 5.89 Å². The number of nitrogens with zero attached hydrogens (tertiary/aromatic N) is 2. The third kappa shape index (κ3) is 2.15. The first-order valence-corrected chi connectivity index (χ1v) is 6.35. The topological polar surface area (TPSA) is 80.1 Å². The first-order chi connectivity index (χ1) is 9.42. The molecular formula is C11H13F3N4O2. The van der Waals surface area contributed by atoms with E-state index in [2.05, 4.69) is 20.8 Å². The highest BCUT2D eigenvalue weighted by Crippen LogP contribution is 2.44. The molecule has 110 valence electrons. The summed E-state index contributed by atoms with van der Waals surface area (Å²) < 4.78 is 44.6. The Kier molecular flexibility index (Phi) is 2.96. The van der Waals surface area contributed by atoms with Crippen molar-refractivity contribution in [3.8, 4) is 0 Å². The summed E-state index contributed by atoms with van der Waals surface area (Å²) in [5, 5.41) is 11.9. The van der Waals surface area contributed by atoms with Crippen LogP contribution >= 0.6 is 0 Å². The highest BCUT2D eigenvalue weighted by molar-refractivity contribution is 5.94. The van der Waals surface area contributed by atoms with Crippen molar-refractivity contribution in [2.45, 2.75) is 31.4 Å². The summed E-state index contributed by atoms with van der Waals surface area (Å²) in [5.74, 6) is -0.607. The van der Waals surface area contributed by atoms with Crippen LogP contribution in [0.1, 0.15) is 31.1 Å². The molecule has 2 fully saturated rings. The van der Waals surface area contributed by atoms with Gasteiger partial charge in [-0.2, -0.15) is 13.2 Å². The second-order valence-corrected chi connectivity index (χ2v) is 5.18. The maximum absolute atomic E-state index is 13.1. The van der Waals surface area contributed by atoms with Crippen LogP contribution in [0.25, 0.3) is 0 Å². The Labute approximate surface area is 112 Å². The van der Waals surface area contributed by atoms with Crippen molar-refractivity contribution < 1.29 is 22.4 Å². The van der Waals surface area contributed by atoms with Gasteiger partial charge in [-0.15, -0.1) is 5.10 Å². The summed E-state index contributed by atoms with van der Waals surface area (Å²) >= 11 is 0. The van der Waals surface area contributed by atoms with Crippen LogP contribution in [0.15, 0.2) is 4.42 Å². The SMILES string of the molecule is O=C(Nc1nnc(C2CC2)o1)C1(C(F)(F)F)CCNC1. The molecule has 1 saturated carbocycles. The lowest BCUT2D eigenvalue weighted by Crippen LogP contribution is -2.49. The van der Waals surface area contributed by atoms with E-state index in [1.807, 2.05) is 0 Å². The summed E-state index contributed by atoms with van der Waals surface area (Å²) in [5.41, 5.74) is -2.43. The van der Waals surface area contributed by atoms with E-state index in [4.69, 9.17) is 4.42 Å². The molecule has 1 saturated heterocycles. The van der Waals surface area contributed by atoms with Crippen molar-refractivity contribution in [1.29, 1.82) is 0 Å². The molecule has 1 aromatic heterocycles. The summed E-state index contributed by atoms with van der Waals surface area (Å²) in [7, 11) is 0. The standard InChI is InChI=1S/C11H13F3N4O2/c12-11(13,14)10(3-4-15-5-10)8(19)16-9-18-17-7(20-9)6-1-2-6/h6,15H,1-5H2,(H,16,18,19). The molecule has 0 bridgehead atoms. The fourth-order valence-corrected chi connectivity index (χ4v) is 2.25. The first-order valence-electron chi connectivity index (χ1n) is 6.35. The fraction of sp³-hybridized carbons (Fsp3) is 0.727. The third-order valence-electron chi connectivity index (χ3n) is 3.72. The smallest absolute Gasteiger partial charge is 0.404 e. The van der Waals surface area contributed by atoms with E-state index in [1.165, 1.54) is 0 Å². The van der Waals surface area contributed by atoms with Crippen LogP contribution in [0, 0.1) is 5.41 Å². The van der Waals surface area contributed by atoms with Gasteiger partial charge < -0.3 is 9.73 Å². The zero-order valence-electron chi connectivity index (χ0n) is 10.5. The second kappa shape index (κ2) is 4.44. The van der Waals surface area contributed by atoms with Gasteiger partial charge >= 0.3 is 12.2 Å². The number of carbonyl (C=O) groups excluding carboxylic acids is 1. The average Bonchev–Trinajstić information content (AvgIpc) is 2.91. The maximum atomic E-state index is 13.1.